The summed E-state index contributed by atoms with van der Waals surface area (Å²) in [6.07, 6.45) is 1.50. The molecule has 1 amide bonds. The zero-order valence-electron chi connectivity index (χ0n) is 17.1. The van der Waals surface area contributed by atoms with Gasteiger partial charge in [-0.25, -0.2) is 4.79 Å². The average Bonchev–Trinajstić information content (AvgIpc) is 2.63. The van der Waals surface area contributed by atoms with Crippen LogP contribution in [-0.2, 0) is 9.47 Å². The fraction of sp³-hybridized carbons (Fsp3) is 0.895. The smallest absolute Gasteiger partial charge is 0.410 e. The molecular weight excluding hydrogens is 346 g/mol. The van der Waals surface area contributed by atoms with E-state index >= 15 is 0 Å². The molecule has 3 aliphatic rings. The van der Waals surface area contributed by atoms with Gasteiger partial charge in [0.25, 0.3) is 0 Å². The predicted octanol–water partition coefficient (Wildman–Crippen LogP) is 0.680. The van der Waals surface area contributed by atoms with Crippen LogP contribution in [0.4, 0.5) is 4.79 Å². The Hall–Kier alpha value is -1.38. The summed E-state index contributed by atoms with van der Waals surface area (Å²) in [4.78, 5) is 21.4. The van der Waals surface area contributed by atoms with Crippen molar-refractivity contribution in [2.75, 3.05) is 65.6 Å². The summed E-state index contributed by atoms with van der Waals surface area (Å²) < 4.78 is 10.9. The van der Waals surface area contributed by atoms with Crippen molar-refractivity contribution in [2.45, 2.75) is 44.8 Å². The van der Waals surface area contributed by atoms with Crippen LogP contribution in [0.5, 0.6) is 0 Å². The number of morpholine rings is 1. The van der Waals surface area contributed by atoms with Gasteiger partial charge < -0.3 is 25.0 Å². The molecule has 0 aromatic heterocycles. The Labute approximate surface area is 162 Å². The van der Waals surface area contributed by atoms with Crippen LogP contribution >= 0.6 is 0 Å². The van der Waals surface area contributed by atoms with Gasteiger partial charge in [-0.3, -0.25) is 9.89 Å². The maximum atomic E-state index is 12.3. The van der Waals surface area contributed by atoms with Crippen molar-refractivity contribution in [3.05, 3.63) is 0 Å². The van der Waals surface area contributed by atoms with Gasteiger partial charge in [-0.2, -0.15) is 0 Å². The van der Waals surface area contributed by atoms with Crippen molar-refractivity contribution >= 4 is 11.9 Å². The Morgan fingerprint density at radius 2 is 1.96 bits per heavy atom. The van der Waals surface area contributed by atoms with Gasteiger partial charge in [0.05, 0.1) is 25.3 Å². The van der Waals surface area contributed by atoms with Crippen LogP contribution in [0.15, 0.2) is 4.99 Å². The molecule has 154 valence electrons. The topological polar surface area (TPSA) is 78.4 Å². The summed E-state index contributed by atoms with van der Waals surface area (Å²) in [6.45, 7) is 14.3. The summed E-state index contributed by atoms with van der Waals surface area (Å²) in [7, 11) is 0. The molecule has 2 saturated heterocycles. The molecule has 3 rings (SSSR count). The van der Waals surface area contributed by atoms with Crippen LogP contribution in [0.2, 0.25) is 0 Å². The van der Waals surface area contributed by atoms with E-state index in [2.05, 4.69) is 15.5 Å². The molecular formula is C19H35N5O3. The van der Waals surface area contributed by atoms with Gasteiger partial charge in [-0.15, -0.1) is 0 Å². The number of rotatable bonds is 3. The summed E-state index contributed by atoms with van der Waals surface area (Å²) >= 11 is 0. The van der Waals surface area contributed by atoms with E-state index in [0.29, 0.717) is 13.1 Å². The molecule has 1 spiro atoms. The van der Waals surface area contributed by atoms with Crippen LogP contribution in [0.25, 0.3) is 0 Å². The number of amidine groups is 1. The first kappa shape index (κ1) is 20.4. The van der Waals surface area contributed by atoms with Gasteiger partial charge in [-0.1, -0.05) is 0 Å². The number of carbonyl (C=O) groups is 1. The lowest BCUT2D eigenvalue weighted by Crippen LogP contribution is -2.65. The Morgan fingerprint density at radius 3 is 2.63 bits per heavy atom. The first-order valence-corrected chi connectivity index (χ1v) is 10.2. The van der Waals surface area contributed by atoms with Crippen LogP contribution in [0.1, 0.15) is 33.6 Å². The lowest BCUT2D eigenvalue weighted by atomic mass is 9.85. The Balaban J connectivity index is 1.51. The van der Waals surface area contributed by atoms with Crippen molar-refractivity contribution in [1.82, 2.24) is 20.4 Å². The summed E-state index contributed by atoms with van der Waals surface area (Å²) in [5.41, 5.74) is -0.593. The zero-order valence-corrected chi connectivity index (χ0v) is 17.1. The largest absolute Gasteiger partial charge is 0.444 e. The van der Waals surface area contributed by atoms with Crippen molar-refractivity contribution in [3.63, 3.8) is 0 Å². The average molecular weight is 382 g/mol. The summed E-state index contributed by atoms with van der Waals surface area (Å²) in [5, 5.41) is 7.26. The van der Waals surface area contributed by atoms with Crippen LogP contribution in [0, 0.1) is 0 Å². The molecule has 0 unspecified atom stereocenters. The Kier molecular flexibility index (Phi) is 6.60. The lowest BCUT2D eigenvalue weighted by Gasteiger charge is -2.45. The van der Waals surface area contributed by atoms with E-state index in [4.69, 9.17) is 14.5 Å². The monoisotopic (exact) mass is 381 g/mol. The molecule has 0 radical (unpaired) electrons. The van der Waals surface area contributed by atoms with Crippen molar-refractivity contribution in [2.24, 2.45) is 4.99 Å². The van der Waals surface area contributed by atoms with Crippen LogP contribution < -0.4 is 10.6 Å². The summed E-state index contributed by atoms with van der Waals surface area (Å²) in [5.74, 6) is 1.06. The third kappa shape index (κ3) is 5.56. The number of amides is 1. The molecule has 2 fully saturated rings. The SMILES string of the molecule is CC(C)(C)OC(=O)N1CCC2(CC1)NCCN=C2NCCN1CCOCC1. The molecule has 0 aromatic rings. The molecule has 0 bridgehead atoms. The fourth-order valence-corrected chi connectivity index (χ4v) is 3.89. The minimum atomic E-state index is -0.455. The predicted molar refractivity (Wildman–Crippen MR) is 105 cm³/mol. The molecule has 8 heteroatoms. The Bertz CT molecular complexity index is 532. The van der Waals surface area contributed by atoms with Gasteiger partial charge in [0.1, 0.15) is 11.4 Å². The minimum Gasteiger partial charge on any atom is -0.444 e. The zero-order chi connectivity index (χ0) is 19.3. The number of ether oxygens (including phenoxy) is 2. The third-order valence-electron chi connectivity index (χ3n) is 5.39. The highest BCUT2D eigenvalue weighted by atomic mass is 16.6. The highest BCUT2D eigenvalue weighted by Gasteiger charge is 2.42. The highest BCUT2D eigenvalue weighted by molar-refractivity contribution is 5.92. The molecule has 3 aliphatic heterocycles. The van der Waals surface area contributed by atoms with Crippen LogP contribution in [0.3, 0.4) is 0 Å². The normalized spacial score (nSPS) is 23.8. The summed E-state index contributed by atoms with van der Waals surface area (Å²) in [6, 6.07) is 0. The van der Waals surface area contributed by atoms with Gasteiger partial charge >= 0.3 is 6.09 Å². The second kappa shape index (κ2) is 8.75. The van der Waals surface area contributed by atoms with E-state index in [9.17, 15) is 4.79 Å². The molecule has 27 heavy (non-hydrogen) atoms. The number of aliphatic imine (C=N–C) groups is 1. The number of carbonyl (C=O) groups excluding carboxylic acids is 1. The van der Waals surface area contributed by atoms with Gasteiger partial charge in [0, 0.05) is 45.8 Å². The second-order valence-corrected chi connectivity index (χ2v) is 8.59. The lowest BCUT2D eigenvalue weighted by molar-refractivity contribution is 0.0176. The number of piperidine rings is 1. The maximum absolute atomic E-state index is 12.3. The van der Waals surface area contributed by atoms with Crippen molar-refractivity contribution < 1.29 is 14.3 Å². The number of hydrogen-bond donors (Lipinski definition) is 2. The molecule has 0 atom stereocenters. The minimum absolute atomic E-state index is 0.137. The number of nitrogens with one attached hydrogen (secondary N) is 2. The molecule has 0 saturated carbocycles. The molecule has 2 N–H and O–H groups in total. The standard InChI is InChI=1S/C19H35N5O3/c1-18(2,3)27-17(25)24-9-4-19(5-10-24)16(20-6-7-22-19)21-8-11-23-12-14-26-15-13-23/h22H,4-15H2,1-3H3,(H,20,21). The van der Waals surface area contributed by atoms with E-state index in [0.717, 1.165) is 71.2 Å². The molecule has 0 aliphatic carbocycles. The maximum Gasteiger partial charge on any atom is 0.410 e. The van der Waals surface area contributed by atoms with Crippen molar-refractivity contribution in [1.29, 1.82) is 0 Å². The first-order valence-electron chi connectivity index (χ1n) is 10.2. The fourth-order valence-electron chi connectivity index (χ4n) is 3.89. The third-order valence-corrected chi connectivity index (χ3v) is 5.39. The van der Waals surface area contributed by atoms with Crippen LogP contribution in [-0.4, -0.2) is 98.4 Å². The Morgan fingerprint density at radius 1 is 1.26 bits per heavy atom. The van der Waals surface area contributed by atoms with E-state index in [-0.39, 0.29) is 11.6 Å². The van der Waals surface area contributed by atoms with E-state index in [1.165, 1.54) is 0 Å². The van der Waals surface area contributed by atoms with Gasteiger partial charge in [0.15, 0.2) is 0 Å². The molecule has 0 aromatic carbocycles. The number of likely N-dealkylation sites (tertiary alicyclic amines) is 1. The first-order chi connectivity index (χ1) is 12.9. The van der Waals surface area contributed by atoms with E-state index in [1.807, 2.05) is 25.7 Å². The quantitative estimate of drug-likeness (QED) is 0.749. The van der Waals surface area contributed by atoms with Gasteiger partial charge in [0.2, 0.25) is 0 Å². The highest BCUT2D eigenvalue weighted by Crippen LogP contribution is 2.26. The van der Waals surface area contributed by atoms with E-state index in [1.54, 1.807) is 0 Å². The second-order valence-electron chi connectivity index (χ2n) is 8.59. The van der Waals surface area contributed by atoms with Gasteiger partial charge in [-0.05, 0) is 33.6 Å². The number of hydrogen-bond acceptors (Lipinski definition) is 7. The molecule has 8 nitrogen and oxygen atoms in total. The van der Waals surface area contributed by atoms with Crippen molar-refractivity contribution in [3.8, 4) is 0 Å². The molecule has 3 heterocycles. The number of nitrogens with zero attached hydrogens (tertiary/aromatic N) is 3. The van der Waals surface area contributed by atoms with E-state index < -0.39 is 5.60 Å².